The van der Waals surface area contributed by atoms with Crippen molar-refractivity contribution in [2.45, 2.75) is 12.5 Å². The van der Waals surface area contributed by atoms with E-state index in [0.29, 0.717) is 6.42 Å². The van der Waals surface area contributed by atoms with E-state index >= 15 is 0 Å². The normalized spacial score (nSPS) is 23.7. The Morgan fingerprint density at radius 2 is 1.87 bits per heavy atom. The molecule has 1 saturated heterocycles. The molecule has 15 heavy (non-hydrogen) atoms. The summed E-state index contributed by atoms with van der Waals surface area (Å²) in [5, 5.41) is 0. The van der Waals surface area contributed by atoms with Gasteiger partial charge in [0, 0.05) is 0 Å². The van der Waals surface area contributed by atoms with E-state index in [1.165, 1.54) is 0 Å². The molecule has 0 saturated carbocycles. The Kier molecular flexibility index (Phi) is 2.45. The van der Waals surface area contributed by atoms with E-state index in [1.807, 2.05) is 35.1 Å². The standard InChI is InChI=1S/C9H10N2O3S/c12-9-8(10-15(13,14)11-9)6-7-4-2-1-3-5-7/h1-5,8,10H,6H2,(H,11,12). The molecule has 1 fully saturated rings. The molecule has 1 amide bonds. The highest BCUT2D eigenvalue weighted by molar-refractivity contribution is 7.88. The predicted octanol–water partition coefficient (Wildman–Crippen LogP) is -0.438. The van der Waals surface area contributed by atoms with Gasteiger partial charge < -0.3 is 0 Å². The molecule has 2 rings (SSSR count). The fourth-order valence-corrected chi connectivity index (χ4v) is 2.49. The van der Waals surface area contributed by atoms with Crippen molar-refractivity contribution in [3.8, 4) is 0 Å². The van der Waals surface area contributed by atoms with Gasteiger partial charge in [-0.15, -0.1) is 0 Å². The fraction of sp³-hybridized carbons (Fsp3) is 0.222. The molecule has 0 spiro atoms. The minimum atomic E-state index is -3.61. The first kappa shape index (κ1) is 10.1. The third-order valence-corrected chi connectivity index (χ3v) is 3.20. The zero-order chi connectivity index (χ0) is 10.9. The second-order valence-electron chi connectivity index (χ2n) is 3.33. The van der Waals surface area contributed by atoms with Gasteiger partial charge in [0.2, 0.25) is 0 Å². The van der Waals surface area contributed by atoms with Gasteiger partial charge in [-0.2, -0.15) is 13.1 Å². The summed E-state index contributed by atoms with van der Waals surface area (Å²) in [7, 11) is -3.61. The minimum Gasteiger partial charge on any atom is -0.272 e. The lowest BCUT2D eigenvalue weighted by atomic mass is 10.1. The molecule has 5 nitrogen and oxygen atoms in total. The van der Waals surface area contributed by atoms with E-state index in [0.717, 1.165) is 5.56 Å². The Labute approximate surface area is 87.7 Å². The maximum Gasteiger partial charge on any atom is 0.302 e. The van der Waals surface area contributed by atoms with Crippen molar-refractivity contribution in [3.05, 3.63) is 35.9 Å². The lowest BCUT2D eigenvalue weighted by molar-refractivity contribution is -0.119. The molecule has 1 aliphatic rings. The summed E-state index contributed by atoms with van der Waals surface area (Å²) in [6.07, 6.45) is 0.367. The van der Waals surface area contributed by atoms with Gasteiger partial charge in [-0.05, 0) is 12.0 Å². The van der Waals surface area contributed by atoms with Crippen molar-refractivity contribution in [3.63, 3.8) is 0 Å². The van der Waals surface area contributed by atoms with Crippen LogP contribution in [-0.2, 0) is 21.4 Å². The molecular formula is C9H10N2O3S. The SMILES string of the molecule is O=C1NS(=O)(=O)NC1Cc1ccccc1. The van der Waals surface area contributed by atoms with E-state index in [-0.39, 0.29) is 0 Å². The van der Waals surface area contributed by atoms with Crippen LogP contribution in [0.2, 0.25) is 0 Å². The Bertz CT molecular complexity index is 469. The highest BCUT2D eigenvalue weighted by Crippen LogP contribution is 2.07. The topological polar surface area (TPSA) is 75.3 Å². The van der Waals surface area contributed by atoms with Crippen LogP contribution < -0.4 is 9.44 Å². The van der Waals surface area contributed by atoms with Crippen LogP contribution in [0.1, 0.15) is 5.56 Å². The van der Waals surface area contributed by atoms with Gasteiger partial charge in [-0.25, -0.2) is 4.72 Å². The van der Waals surface area contributed by atoms with E-state index in [1.54, 1.807) is 0 Å². The number of rotatable bonds is 2. The quantitative estimate of drug-likeness (QED) is 0.718. The Balaban J connectivity index is 2.12. The maximum absolute atomic E-state index is 11.2. The molecule has 2 N–H and O–H groups in total. The lowest BCUT2D eigenvalue weighted by Crippen LogP contribution is -2.31. The molecule has 1 atom stereocenters. The summed E-state index contributed by atoms with van der Waals surface area (Å²) in [4.78, 5) is 11.2. The Morgan fingerprint density at radius 3 is 2.40 bits per heavy atom. The summed E-state index contributed by atoms with van der Waals surface area (Å²) in [5.41, 5.74) is 0.919. The largest absolute Gasteiger partial charge is 0.302 e. The Morgan fingerprint density at radius 1 is 1.20 bits per heavy atom. The number of nitrogens with one attached hydrogen (secondary N) is 2. The van der Waals surface area contributed by atoms with Crippen molar-refractivity contribution in [1.29, 1.82) is 0 Å². The summed E-state index contributed by atoms with van der Waals surface area (Å²) in [6, 6.07) is 8.55. The first-order valence-corrected chi connectivity index (χ1v) is 5.93. The van der Waals surface area contributed by atoms with Crippen LogP contribution in [0.4, 0.5) is 0 Å². The van der Waals surface area contributed by atoms with Gasteiger partial charge in [0.15, 0.2) is 0 Å². The van der Waals surface area contributed by atoms with Crippen LogP contribution in [-0.4, -0.2) is 20.4 Å². The second kappa shape index (κ2) is 3.63. The van der Waals surface area contributed by atoms with Crippen LogP contribution in [0.3, 0.4) is 0 Å². The van der Waals surface area contributed by atoms with Crippen LogP contribution in [0, 0.1) is 0 Å². The number of carbonyl (C=O) groups excluding carboxylic acids is 1. The molecule has 6 heteroatoms. The molecule has 0 aromatic heterocycles. The predicted molar refractivity (Wildman–Crippen MR) is 54.1 cm³/mol. The monoisotopic (exact) mass is 226 g/mol. The van der Waals surface area contributed by atoms with E-state index in [9.17, 15) is 13.2 Å². The van der Waals surface area contributed by atoms with Gasteiger partial charge in [0.25, 0.3) is 5.91 Å². The van der Waals surface area contributed by atoms with Crippen molar-refractivity contribution in [1.82, 2.24) is 9.44 Å². The number of hydrogen-bond donors (Lipinski definition) is 2. The number of benzene rings is 1. The van der Waals surface area contributed by atoms with Crippen molar-refractivity contribution in [2.24, 2.45) is 0 Å². The number of amides is 1. The summed E-state index contributed by atoms with van der Waals surface area (Å²) in [6.45, 7) is 0. The molecule has 1 aliphatic heterocycles. The van der Waals surface area contributed by atoms with E-state index in [2.05, 4.69) is 4.72 Å². The van der Waals surface area contributed by atoms with Crippen molar-refractivity contribution in [2.75, 3.05) is 0 Å². The molecule has 0 bridgehead atoms. The third-order valence-electron chi connectivity index (χ3n) is 2.13. The van der Waals surface area contributed by atoms with Crippen LogP contribution in [0.5, 0.6) is 0 Å². The van der Waals surface area contributed by atoms with Crippen molar-refractivity contribution >= 4 is 16.1 Å². The lowest BCUT2D eigenvalue weighted by Gasteiger charge is -2.04. The highest BCUT2D eigenvalue weighted by Gasteiger charge is 2.34. The Hall–Kier alpha value is -1.40. The minimum absolute atomic E-state index is 0.367. The molecular weight excluding hydrogens is 216 g/mol. The molecule has 1 unspecified atom stereocenters. The van der Waals surface area contributed by atoms with Crippen LogP contribution in [0.15, 0.2) is 30.3 Å². The maximum atomic E-state index is 11.2. The van der Waals surface area contributed by atoms with Crippen LogP contribution in [0.25, 0.3) is 0 Å². The summed E-state index contributed by atoms with van der Waals surface area (Å²) < 4.78 is 26.1. The summed E-state index contributed by atoms with van der Waals surface area (Å²) >= 11 is 0. The molecule has 80 valence electrons. The fourth-order valence-electron chi connectivity index (χ4n) is 1.46. The summed E-state index contributed by atoms with van der Waals surface area (Å²) in [5.74, 6) is -0.501. The second-order valence-corrected chi connectivity index (χ2v) is 4.78. The first-order chi connectivity index (χ1) is 7.07. The van der Waals surface area contributed by atoms with Gasteiger partial charge in [-0.1, -0.05) is 30.3 Å². The third kappa shape index (κ3) is 2.34. The highest BCUT2D eigenvalue weighted by atomic mass is 32.2. The van der Waals surface area contributed by atoms with Gasteiger partial charge in [0.1, 0.15) is 6.04 Å². The molecule has 1 heterocycles. The van der Waals surface area contributed by atoms with E-state index < -0.39 is 22.2 Å². The molecule has 0 aliphatic carbocycles. The van der Waals surface area contributed by atoms with Gasteiger partial charge >= 0.3 is 10.2 Å². The zero-order valence-electron chi connectivity index (χ0n) is 7.80. The van der Waals surface area contributed by atoms with E-state index in [4.69, 9.17) is 0 Å². The zero-order valence-corrected chi connectivity index (χ0v) is 8.62. The first-order valence-electron chi connectivity index (χ1n) is 4.45. The number of carbonyl (C=O) groups is 1. The molecule has 1 aromatic carbocycles. The van der Waals surface area contributed by atoms with Crippen LogP contribution >= 0.6 is 0 Å². The molecule has 1 aromatic rings. The van der Waals surface area contributed by atoms with Crippen molar-refractivity contribution < 1.29 is 13.2 Å². The van der Waals surface area contributed by atoms with Gasteiger partial charge in [0.05, 0.1) is 0 Å². The van der Waals surface area contributed by atoms with Gasteiger partial charge in [-0.3, -0.25) is 4.79 Å². The average Bonchev–Trinajstić information content (AvgIpc) is 2.41. The smallest absolute Gasteiger partial charge is 0.272 e. The number of hydrogen-bond acceptors (Lipinski definition) is 3. The average molecular weight is 226 g/mol. The molecule has 0 radical (unpaired) electrons.